The molecule has 1 saturated heterocycles. The summed E-state index contributed by atoms with van der Waals surface area (Å²) in [6, 6.07) is 6.62. The lowest BCUT2D eigenvalue weighted by molar-refractivity contribution is -0.126. The Morgan fingerprint density at radius 1 is 1.23 bits per heavy atom. The highest BCUT2D eigenvalue weighted by Gasteiger charge is 2.32. The first-order chi connectivity index (χ1) is 14.2. The van der Waals surface area contributed by atoms with Gasteiger partial charge in [-0.25, -0.2) is 17.2 Å². The number of hydrogen-bond acceptors (Lipinski definition) is 5. The van der Waals surface area contributed by atoms with Crippen molar-refractivity contribution in [3.63, 3.8) is 0 Å². The van der Waals surface area contributed by atoms with Crippen molar-refractivity contribution in [3.8, 4) is 0 Å². The van der Waals surface area contributed by atoms with Gasteiger partial charge in [-0.3, -0.25) is 4.79 Å². The fraction of sp³-hybridized carbons (Fsp3) is 0.450. The second kappa shape index (κ2) is 9.51. The highest BCUT2D eigenvalue weighted by molar-refractivity contribution is 7.89. The maximum absolute atomic E-state index is 13.4. The maximum atomic E-state index is 13.4. The predicted molar refractivity (Wildman–Crippen MR) is 112 cm³/mol. The molecule has 1 unspecified atom stereocenters. The number of rotatable bonds is 7. The molecule has 1 aromatic carbocycles. The Bertz CT molecular complexity index is 973. The molecular formula is C20H25F2N3O3S2. The standard InChI is InChI=1S/C20H25F2N3O3S2/c1-24(2)18(19-4-3-11-29-19)13-23-20(26)14-7-9-25(10-8-14)30(27,28)15-5-6-16(21)17(22)12-15/h3-6,11-12,14,18H,7-10,13H2,1-2H3,(H,23,26). The number of piperidine rings is 1. The third-order valence-electron chi connectivity index (χ3n) is 5.32. The van der Waals surface area contributed by atoms with E-state index in [-0.39, 0.29) is 35.9 Å². The first-order valence-electron chi connectivity index (χ1n) is 9.63. The van der Waals surface area contributed by atoms with Crippen LogP contribution in [0.3, 0.4) is 0 Å². The molecule has 1 aliphatic rings. The highest BCUT2D eigenvalue weighted by atomic mass is 32.2. The minimum absolute atomic E-state index is 0.0720. The zero-order valence-electron chi connectivity index (χ0n) is 16.8. The van der Waals surface area contributed by atoms with Gasteiger partial charge in [0.05, 0.1) is 10.9 Å². The Morgan fingerprint density at radius 3 is 2.50 bits per heavy atom. The maximum Gasteiger partial charge on any atom is 0.243 e. The number of thiophene rings is 1. The molecule has 2 heterocycles. The van der Waals surface area contributed by atoms with Gasteiger partial charge in [0.1, 0.15) is 0 Å². The first kappa shape index (κ1) is 22.8. The number of carbonyl (C=O) groups is 1. The molecule has 164 valence electrons. The van der Waals surface area contributed by atoms with Crippen molar-refractivity contribution in [2.75, 3.05) is 33.7 Å². The summed E-state index contributed by atoms with van der Waals surface area (Å²) in [5.74, 6) is -2.68. The van der Waals surface area contributed by atoms with Gasteiger partial charge in [-0.1, -0.05) is 6.07 Å². The van der Waals surface area contributed by atoms with Crippen LogP contribution in [-0.4, -0.2) is 57.3 Å². The number of hydrogen-bond donors (Lipinski definition) is 1. The van der Waals surface area contributed by atoms with Crippen molar-refractivity contribution in [1.82, 2.24) is 14.5 Å². The smallest absolute Gasteiger partial charge is 0.243 e. The normalized spacial score (nSPS) is 17.2. The van der Waals surface area contributed by atoms with Crippen LogP contribution in [0.15, 0.2) is 40.6 Å². The molecule has 0 spiro atoms. The Morgan fingerprint density at radius 2 is 1.93 bits per heavy atom. The van der Waals surface area contributed by atoms with E-state index in [2.05, 4.69) is 5.32 Å². The van der Waals surface area contributed by atoms with Crippen molar-refractivity contribution >= 4 is 27.3 Å². The molecule has 1 atom stereocenters. The van der Waals surface area contributed by atoms with Crippen LogP contribution in [0.5, 0.6) is 0 Å². The van der Waals surface area contributed by atoms with Gasteiger partial charge in [0, 0.05) is 30.4 Å². The number of halogens is 2. The Kier molecular flexibility index (Phi) is 7.22. The minimum atomic E-state index is -3.93. The molecule has 10 heteroatoms. The van der Waals surface area contributed by atoms with Crippen LogP contribution in [0.4, 0.5) is 8.78 Å². The molecule has 0 bridgehead atoms. The number of sulfonamides is 1. The second-order valence-electron chi connectivity index (χ2n) is 7.49. The predicted octanol–water partition coefficient (Wildman–Crippen LogP) is 2.85. The molecule has 3 rings (SSSR count). The monoisotopic (exact) mass is 457 g/mol. The van der Waals surface area contributed by atoms with Crippen LogP contribution < -0.4 is 5.32 Å². The van der Waals surface area contributed by atoms with E-state index in [1.54, 1.807) is 11.3 Å². The van der Waals surface area contributed by atoms with E-state index in [9.17, 15) is 22.0 Å². The third-order valence-corrected chi connectivity index (χ3v) is 8.19. The molecule has 1 aliphatic heterocycles. The van der Waals surface area contributed by atoms with Gasteiger partial charge in [-0.15, -0.1) is 11.3 Å². The SMILES string of the molecule is CN(C)C(CNC(=O)C1CCN(S(=O)(=O)c2ccc(F)c(F)c2)CC1)c1cccs1. The third kappa shape index (κ3) is 5.05. The molecule has 0 saturated carbocycles. The van der Waals surface area contributed by atoms with Crippen molar-refractivity contribution in [2.24, 2.45) is 5.92 Å². The van der Waals surface area contributed by atoms with Crippen LogP contribution >= 0.6 is 11.3 Å². The number of likely N-dealkylation sites (N-methyl/N-ethyl adjacent to an activating group) is 1. The lowest BCUT2D eigenvalue weighted by Gasteiger charge is -2.31. The fourth-order valence-corrected chi connectivity index (χ4v) is 5.91. The summed E-state index contributed by atoms with van der Waals surface area (Å²) in [6.45, 7) is 0.780. The van der Waals surface area contributed by atoms with Gasteiger partial charge in [0.15, 0.2) is 11.6 Å². The molecule has 0 aliphatic carbocycles. The summed E-state index contributed by atoms with van der Waals surface area (Å²) in [5, 5.41) is 4.98. The van der Waals surface area contributed by atoms with Gasteiger partial charge >= 0.3 is 0 Å². The average molecular weight is 458 g/mol. The number of nitrogens with one attached hydrogen (secondary N) is 1. The topological polar surface area (TPSA) is 69.7 Å². The van der Waals surface area contributed by atoms with Gasteiger partial charge in [0.25, 0.3) is 0 Å². The Balaban J connectivity index is 1.57. The lowest BCUT2D eigenvalue weighted by atomic mass is 9.97. The van der Waals surface area contributed by atoms with Crippen molar-refractivity contribution < 1.29 is 22.0 Å². The second-order valence-corrected chi connectivity index (χ2v) is 10.4. The summed E-state index contributed by atoms with van der Waals surface area (Å²) < 4.78 is 53.1. The zero-order valence-corrected chi connectivity index (χ0v) is 18.5. The van der Waals surface area contributed by atoms with Crippen LogP contribution in [0, 0.1) is 17.6 Å². The van der Waals surface area contributed by atoms with Crippen LogP contribution in [0.25, 0.3) is 0 Å². The van der Waals surface area contributed by atoms with E-state index in [1.165, 1.54) is 4.31 Å². The van der Waals surface area contributed by atoms with Gasteiger partial charge in [-0.05, 0) is 56.6 Å². The first-order valence-corrected chi connectivity index (χ1v) is 11.9. The van der Waals surface area contributed by atoms with Crippen molar-refractivity contribution in [2.45, 2.75) is 23.8 Å². The average Bonchev–Trinajstić information content (AvgIpc) is 3.24. The van der Waals surface area contributed by atoms with Gasteiger partial charge < -0.3 is 10.2 Å². The molecule has 6 nitrogen and oxygen atoms in total. The molecule has 1 fully saturated rings. The van der Waals surface area contributed by atoms with Crippen molar-refractivity contribution in [1.29, 1.82) is 0 Å². The quantitative estimate of drug-likeness (QED) is 0.694. The summed E-state index contributed by atoms with van der Waals surface area (Å²) in [6.07, 6.45) is 0.751. The summed E-state index contributed by atoms with van der Waals surface area (Å²) in [5.41, 5.74) is 0. The van der Waals surface area contributed by atoms with Crippen LogP contribution in [0.2, 0.25) is 0 Å². The van der Waals surface area contributed by atoms with E-state index in [0.717, 1.165) is 17.0 Å². The molecule has 1 amide bonds. The zero-order chi connectivity index (χ0) is 21.9. The molecule has 1 aromatic heterocycles. The van der Waals surface area contributed by atoms with E-state index in [4.69, 9.17) is 0 Å². The summed E-state index contributed by atoms with van der Waals surface area (Å²) in [7, 11) is -0.0143. The molecular weight excluding hydrogens is 432 g/mol. The molecule has 2 aromatic rings. The van der Waals surface area contributed by atoms with Crippen molar-refractivity contribution in [3.05, 3.63) is 52.2 Å². The Labute approximate surface area is 179 Å². The minimum Gasteiger partial charge on any atom is -0.354 e. The molecule has 30 heavy (non-hydrogen) atoms. The van der Waals surface area contributed by atoms with Crippen LogP contribution in [-0.2, 0) is 14.8 Å². The van der Waals surface area contributed by atoms with E-state index in [0.29, 0.717) is 25.5 Å². The van der Waals surface area contributed by atoms with Gasteiger partial charge in [-0.2, -0.15) is 4.31 Å². The number of carbonyl (C=O) groups excluding carboxylic acids is 1. The van der Waals surface area contributed by atoms with E-state index in [1.807, 2.05) is 36.5 Å². The van der Waals surface area contributed by atoms with E-state index >= 15 is 0 Å². The summed E-state index contributed by atoms with van der Waals surface area (Å²) in [4.78, 5) is 15.5. The lowest BCUT2D eigenvalue weighted by Crippen LogP contribution is -2.44. The van der Waals surface area contributed by atoms with Gasteiger partial charge in [0.2, 0.25) is 15.9 Å². The highest BCUT2D eigenvalue weighted by Crippen LogP contribution is 2.26. The number of benzene rings is 1. The number of amides is 1. The van der Waals surface area contributed by atoms with E-state index < -0.39 is 21.7 Å². The Hall–Kier alpha value is -1.88. The van der Waals surface area contributed by atoms with Crippen LogP contribution in [0.1, 0.15) is 23.8 Å². The largest absolute Gasteiger partial charge is 0.354 e. The fourth-order valence-electron chi connectivity index (χ4n) is 3.50. The molecule has 1 N–H and O–H groups in total. The number of nitrogens with zero attached hydrogens (tertiary/aromatic N) is 2. The summed E-state index contributed by atoms with van der Waals surface area (Å²) >= 11 is 1.63. The molecule has 0 radical (unpaired) electrons.